The van der Waals surface area contributed by atoms with Crippen molar-refractivity contribution >= 4 is 27.0 Å². The van der Waals surface area contributed by atoms with Gasteiger partial charge < -0.3 is 5.11 Å². The second-order valence-electron chi connectivity index (χ2n) is 4.41. The van der Waals surface area contributed by atoms with Crippen molar-refractivity contribution in [2.24, 2.45) is 0 Å². The van der Waals surface area contributed by atoms with Gasteiger partial charge in [-0.3, -0.25) is 4.72 Å². The van der Waals surface area contributed by atoms with Gasteiger partial charge in [0, 0.05) is 9.75 Å². The molecule has 0 aliphatic heterocycles. The summed E-state index contributed by atoms with van der Waals surface area (Å²) < 4.78 is 40.2. The van der Waals surface area contributed by atoms with E-state index in [1.165, 1.54) is 23.5 Å². The van der Waals surface area contributed by atoms with Crippen molar-refractivity contribution in [3.05, 3.63) is 45.4 Å². The summed E-state index contributed by atoms with van der Waals surface area (Å²) in [6, 6.07) is 5.42. The van der Waals surface area contributed by atoms with Crippen molar-refractivity contribution in [3.8, 4) is 0 Å². The van der Waals surface area contributed by atoms with Crippen LogP contribution in [0.15, 0.2) is 29.2 Å². The molecule has 0 amide bonds. The molecule has 0 bridgehead atoms. The Kier molecular flexibility index (Phi) is 4.12. The van der Waals surface area contributed by atoms with Crippen LogP contribution >= 0.6 is 11.3 Å². The molecule has 0 fully saturated rings. The van der Waals surface area contributed by atoms with Crippen LogP contribution in [0.4, 0.5) is 10.1 Å². The molecule has 0 atom stereocenters. The van der Waals surface area contributed by atoms with Crippen LogP contribution in [0.2, 0.25) is 0 Å². The van der Waals surface area contributed by atoms with Crippen molar-refractivity contribution in [1.82, 2.24) is 0 Å². The zero-order valence-electron chi connectivity index (χ0n) is 11.0. The van der Waals surface area contributed by atoms with Crippen LogP contribution in [0.3, 0.4) is 0 Å². The molecule has 0 aliphatic carbocycles. The number of rotatable bonds is 4. The molecular formula is C13H14FNO3S2. The van der Waals surface area contributed by atoms with Crippen molar-refractivity contribution < 1.29 is 17.9 Å². The first-order valence-corrected chi connectivity index (χ1v) is 8.12. The lowest BCUT2D eigenvalue weighted by Crippen LogP contribution is -2.13. The molecule has 0 spiro atoms. The number of aliphatic hydroxyl groups is 1. The maximum absolute atomic E-state index is 13.3. The number of benzene rings is 1. The predicted octanol–water partition coefficient (Wildman–Crippen LogP) is 2.80. The number of nitrogens with one attached hydrogen (secondary N) is 1. The van der Waals surface area contributed by atoms with Gasteiger partial charge in [0.25, 0.3) is 10.0 Å². The highest BCUT2D eigenvalue weighted by atomic mass is 32.2. The van der Waals surface area contributed by atoms with E-state index in [9.17, 15) is 12.8 Å². The minimum atomic E-state index is -3.78. The molecule has 2 aromatic rings. The molecule has 0 radical (unpaired) electrons. The van der Waals surface area contributed by atoms with E-state index in [0.29, 0.717) is 15.3 Å². The van der Waals surface area contributed by atoms with Gasteiger partial charge >= 0.3 is 0 Å². The molecule has 4 nitrogen and oxygen atoms in total. The molecular weight excluding hydrogens is 301 g/mol. The van der Waals surface area contributed by atoms with Crippen molar-refractivity contribution in [1.29, 1.82) is 0 Å². The summed E-state index contributed by atoms with van der Waals surface area (Å²) in [7, 11) is -3.78. The molecule has 0 saturated carbocycles. The lowest BCUT2D eigenvalue weighted by molar-refractivity contribution is 0.285. The topological polar surface area (TPSA) is 66.4 Å². The zero-order chi connectivity index (χ0) is 14.9. The average Bonchev–Trinajstić information content (AvgIpc) is 2.69. The average molecular weight is 315 g/mol. The second-order valence-corrected chi connectivity index (χ2v) is 7.41. The molecule has 0 unspecified atom stereocenters. The number of aryl methyl sites for hydroxylation is 2. The van der Waals surface area contributed by atoms with Gasteiger partial charge in [0.05, 0.1) is 12.3 Å². The van der Waals surface area contributed by atoms with Gasteiger partial charge in [0.1, 0.15) is 10.7 Å². The fourth-order valence-electron chi connectivity index (χ4n) is 1.87. The number of anilines is 1. The van der Waals surface area contributed by atoms with Crippen molar-refractivity contribution in [2.75, 3.05) is 4.72 Å². The smallest absolute Gasteiger partial charge is 0.263 e. The number of halogens is 1. The van der Waals surface area contributed by atoms with E-state index in [2.05, 4.69) is 4.72 Å². The fourth-order valence-corrected chi connectivity index (χ4v) is 4.41. The molecule has 20 heavy (non-hydrogen) atoms. The van der Waals surface area contributed by atoms with Gasteiger partial charge in [-0.05, 0) is 43.7 Å². The maximum Gasteiger partial charge on any atom is 0.263 e. The highest BCUT2D eigenvalue weighted by molar-refractivity contribution is 7.93. The molecule has 1 aromatic heterocycles. The highest BCUT2D eigenvalue weighted by Crippen LogP contribution is 2.27. The van der Waals surface area contributed by atoms with Crippen LogP contribution in [0.1, 0.15) is 15.3 Å². The monoisotopic (exact) mass is 315 g/mol. The molecule has 1 aromatic carbocycles. The van der Waals surface area contributed by atoms with Crippen LogP contribution in [0, 0.1) is 19.7 Å². The minimum Gasteiger partial charge on any atom is -0.391 e. The first kappa shape index (κ1) is 15.0. The number of thiophene rings is 1. The first-order chi connectivity index (χ1) is 9.31. The molecule has 2 rings (SSSR count). The standard InChI is InChI=1S/C13H14FNO3S2/c1-8-3-10(14)5-11(4-8)15-20(17,18)13-6-12(7-16)19-9(13)2/h3-6,15-16H,7H2,1-2H3. The third-order valence-electron chi connectivity index (χ3n) is 2.66. The normalized spacial score (nSPS) is 11.6. The summed E-state index contributed by atoms with van der Waals surface area (Å²) in [5, 5.41) is 9.05. The van der Waals surface area contributed by atoms with E-state index in [4.69, 9.17) is 5.11 Å². The maximum atomic E-state index is 13.3. The number of hydrogen-bond acceptors (Lipinski definition) is 4. The molecule has 108 valence electrons. The summed E-state index contributed by atoms with van der Waals surface area (Å²) in [4.78, 5) is 1.25. The summed E-state index contributed by atoms with van der Waals surface area (Å²) in [6.45, 7) is 3.13. The van der Waals surface area contributed by atoms with Crippen LogP contribution in [-0.4, -0.2) is 13.5 Å². The Morgan fingerprint density at radius 3 is 2.50 bits per heavy atom. The molecule has 0 aliphatic rings. The second kappa shape index (κ2) is 5.51. The molecule has 0 saturated heterocycles. The fraction of sp³-hybridized carbons (Fsp3) is 0.231. The molecule has 1 heterocycles. The van der Waals surface area contributed by atoms with E-state index in [0.717, 1.165) is 6.07 Å². The summed E-state index contributed by atoms with van der Waals surface area (Å²) >= 11 is 1.21. The number of aliphatic hydroxyl groups excluding tert-OH is 1. The third-order valence-corrected chi connectivity index (χ3v) is 5.33. The van der Waals surface area contributed by atoms with Crippen molar-refractivity contribution in [3.63, 3.8) is 0 Å². The predicted molar refractivity (Wildman–Crippen MR) is 76.9 cm³/mol. The van der Waals surface area contributed by atoms with E-state index in [-0.39, 0.29) is 17.2 Å². The van der Waals surface area contributed by atoms with Gasteiger partial charge in [-0.1, -0.05) is 0 Å². The van der Waals surface area contributed by atoms with Crippen LogP contribution in [0.25, 0.3) is 0 Å². The Bertz CT molecular complexity index is 718. The Labute approximate surface area is 120 Å². The van der Waals surface area contributed by atoms with Gasteiger partial charge in [-0.2, -0.15) is 0 Å². The minimum absolute atomic E-state index is 0.105. The first-order valence-electron chi connectivity index (χ1n) is 5.82. The highest BCUT2D eigenvalue weighted by Gasteiger charge is 2.20. The Hall–Kier alpha value is -1.44. The number of hydrogen-bond donors (Lipinski definition) is 2. The van der Waals surface area contributed by atoms with Crippen LogP contribution in [-0.2, 0) is 16.6 Å². The van der Waals surface area contributed by atoms with E-state index >= 15 is 0 Å². The Morgan fingerprint density at radius 1 is 1.25 bits per heavy atom. The summed E-state index contributed by atoms with van der Waals surface area (Å²) in [6.07, 6.45) is 0. The van der Waals surface area contributed by atoms with E-state index in [1.54, 1.807) is 19.9 Å². The quantitative estimate of drug-likeness (QED) is 0.912. The summed E-state index contributed by atoms with van der Waals surface area (Å²) in [5.74, 6) is -0.499. The molecule has 7 heteroatoms. The Morgan fingerprint density at radius 2 is 1.95 bits per heavy atom. The summed E-state index contributed by atoms with van der Waals surface area (Å²) in [5.41, 5.74) is 0.805. The van der Waals surface area contributed by atoms with E-state index < -0.39 is 15.8 Å². The van der Waals surface area contributed by atoms with Gasteiger partial charge in [0.15, 0.2) is 0 Å². The van der Waals surface area contributed by atoms with Crippen molar-refractivity contribution in [2.45, 2.75) is 25.3 Å². The van der Waals surface area contributed by atoms with Gasteiger partial charge in [-0.15, -0.1) is 11.3 Å². The zero-order valence-corrected chi connectivity index (χ0v) is 12.6. The lowest BCUT2D eigenvalue weighted by atomic mass is 10.2. The van der Waals surface area contributed by atoms with Gasteiger partial charge in [-0.25, -0.2) is 12.8 Å². The lowest BCUT2D eigenvalue weighted by Gasteiger charge is -2.08. The molecule has 2 N–H and O–H groups in total. The van der Waals surface area contributed by atoms with Crippen LogP contribution in [0.5, 0.6) is 0 Å². The van der Waals surface area contributed by atoms with E-state index in [1.807, 2.05) is 0 Å². The third kappa shape index (κ3) is 3.17. The SMILES string of the molecule is Cc1cc(F)cc(NS(=O)(=O)c2cc(CO)sc2C)c1. The Balaban J connectivity index is 2.37. The number of sulfonamides is 1. The van der Waals surface area contributed by atoms with Gasteiger partial charge in [0.2, 0.25) is 0 Å². The van der Waals surface area contributed by atoms with Crippen LogP contribution < -0.4 is 4.72 Å². The largest absolute Gasteiger partial charge is 0.391 e.